The van der Waals surface area contributed by atoms with Gasteiger partial charge in [0.1, 0.15) is 0 Å². The number of carbonyl (C=O) groups excluding carboxylic acids is 2. The highest BCUT2D eigenvalue weighted by Gasteiger charge is 2.15. The van der Waals surface area contributed by atoms with Crippen LogP contribution in [0, 0.1) is 0 Å². The summed E-state index contributed by atoms with van der Waals surface area (Å²) >= 11 is 1.61. The van der Waals surface area contributed by atoms with Gasteiger partial charge in [-0.25, -0.2) is 9.78 Å². The Morgan fingerprint density at radius 1 is 1.04 bits per heavy atom. The molecule has 3 amide bonds. The van der Waals surface area contributed by atoms with Crippen LogP contribution in [0.15, 0.2) is 24.3 Å². The number of thiazole rings is 1. The molecule has 3 rings (SSSR count). The molecular weight excluding hydrogens is 374 g/mol. The van der Waals surface area contributed by atoms with Gasteiger partial charge in [0.25, 0.3) is 0 Å². The molecule has 0 radical (unpaired) electrons. The molecule has 8 heteroatoms. The van der Waals surface area contributed by atoms with Crippen LogP contribution < -0.4 is 21.3 Å². The van der Waals surface area contributed by atoms with Gasteiger partial charge in [0.05, 0.1) is 10.2 Å². The third-order valence-corrected chi connectivity index (χ3v) is 5.82. The standard InChI is InChI=1S/C20H29N5O2S/c26-18(11-6-12-22-19(27)24-15-7-2-1-3-8-15)21-13-14-23-20-25-16-9-4-5-10-17(16)28-20/h4-5,9-10,15H,1-3,6-8,11-14H2,(H,21,26)(H,23,25)(H2,22,24,27). The number of carbonyl (C=O) groups is 2. The molecule has 4 N–H and O–H groups in total. The van der Waals surface area contributed by atoms with Gasteiger partial charge in [-0.1, -0.05) is 42.7 Å². The van der Waals surface area contributed by atoms with Gasteiger partial charge in [-0.3, -0.25) is 4.79 Å². The maximum atomic E-state index is 11.9. The average Bonchev–Trinajstić information content (AvgIpc) is 3.12. The molecule has 2 aromatic rings. The number of aromatic nitrogens is 1. The topological polar surface area (TPSA) is 95.2 Å². The van der Waals surface area contributed by atoms with Crippen LogP contribution in [0.2, 0.25) is 0 Å². The summed E-state index contributed by atoms with van der Waals surface area (Å²) in [6.07, 6.45) is 6.84. The minimum atomic E-state index is -0.118. The molecule has 0 unspecified atom stereocenters. The Labute approximate surface area is 169 Å². The molecule has 7 nitrogen and oxygen atoms in total. The number of amides is 3. The van der Waals surface area contributed by atoms with Crippen molar-refractivity contribution < 1.29 is 9.59 Å². The molecule has 0 spiro atoms. The van der Waals surface area contributed by atoms with Crippen LogP contribution in [0.1, 0.15) is 44.9 Å². The Balaban J connectivity index is 1.21. The number of para-hydroxylation sites is 1. The first-order valence-corrected chi connectivity index (χ1v) is 10.9. The van der Waals surface area contributed by atoms with Gasteiger partial charge in [-0.2, -0.15) is 0 Å². The Kier molecular flexibility index (Phi) is 7.90. The van der Waals surface area contributed by atoms with Crippen molar-refractivity contribution in [1.82, 2.24) is 20.9 Å². The zero-order valence-corrected chi connectivity index (χ0v) is 16.9. The molecule has 0 atom stereocenters. The van der Waals surface area contributed by atoms with Gasteiger partial charge in [-0.05, 0) is 31.4 Å². The zero-order chi connectivity index (χ0) is 19.6. The third kappa shape index (κ3) is 6.67. The minimum Gasteiger partial charge on any atom is -0.360 e. The fraction of sp³-hybridized carbons (Fsp3) is 0.550. The monoisotopic (exact) mass is 403 g/mol. The summed E-state index contributed by atoms with van der Waals surface area (Å²) in [5, 5.41) is 12.8. The quantitative estimate of drug-likeness (QED) is 0.484. The zero-order valence-electron chi connectivity index (χ0n) is 16.1. The van der Waals surface area contributed by atoms with E-state index in [1.807, 2.05) is 24.3 Å². The van der Waals surface area contributed by atoms with Crippen molar-refractivity contribution in [1.29, 1.82) is 0 Å². The van der Waals surface area contributed by atoms with E-state index in [0.717, 1.165) is 28.2 Å². The van der Waals surface area contributed by atoms with E-state index in [1.54, 1.807) is 11.3 Å². The molecule has 28 heavy (non-hydrogen) atoms. The first-order valence-electron chi connectivity index (χ1n) is 10.1. The summed E-state index contributed by atoms with van der Waals surface area (Å²) in [6, 6.07) is 8.19. The Morgan fingerprint density at radius 3 is 2.68 bits per heavy atom. The second-order valence-corrected chi connectivity index (χ2v) is 8.13. The van der Waals surface area contributed by atoms with E-state index in [1.165, 1.54) is 19.3 Å². The van der Waals surface area contributed by atoms with E-state index in [0.29, 0.717) is 38.5 Å². The molecule has 1 aliphatic rings. The Morgan fingerprint density at radius 2 is 1.86 bits per heavy atom. The van der Waals surface area contributed by atoms with Crippen LogP contribution in [-0.2, 0) is 4.79 Å². The van der Waals surface area contributed by atoms with Crippen molar-refractivity contribution >= 4 is 38.6 Å². The lowest BCUT2D eigenvalue weighted by atomic mass is 9.96. The second kappa shape index (κ2) is 10.8. The van der Waals surface area contributed by atoms with Crippen LogP contribution in [0.5, 0.6) is 0 Å². The maximum Gasteiger partial charge on any atom is 0.315 e. The molecule has 0 saturated heterocycles. The number of fused-ring (bicyclic) bond motifs is 1. The molecule has 1 heterocycles. The molecule has 1 aromatic heterocycles. The van der Waals surface area contributed by atoms with Crippen molar-refractivity contribution in [2.45, 2.75) is 51.0 Å². The minimum absolute atomic E-state index is 0.000545. The van der Waals surface area contributed by atoms with E-state index in [4.69, 9.17) is 0 Å². The number of benzene rings is 1. The number of urea groups is 1. The summed E-state index contributed by atoms with van der Waals surface area (Å²) in [5.74, 6) is 0.000545. The molecule has 0 aliphatic heterocycles. The first-order chi connectivity index (χ1) is 13.7. The van der Waals surface area contributed by atoms with Crippen molar-refractivity contribution in [3.8, 4) is 0 Å². The highest BCUT2D eigenvalue weighted by Crippen LogP contribution is 2.24. The number of hydrogen-bond donors (Lipinski definition) is 4. The molecule has 152 valence electrons. The number of nitrogens with one attached hydrogen (secondary N) is 4. The highest BCUT2D eigenvalue weighted by atomic mass is 32.1. The number of nitrogens with zero attached hydrogens (tertiary/aromatic N) is 1. The summed E-state index contributed by atoms with van der Waals surface area (Å²) in [7, 11) is 0. The maximum absolute atomic E-state index is 11.9. The van der Waals surface area contributed by atoms with Gasteiger partial charge < -0.3 is 21.3 Å². The second-order valence-electron chi connectivity index (χ2n) is 7.10. The molecule has 0 bridgehead atoms. The lowest BCUT2D eigenvalue weighted by molar-refractivity contribution is -0.121. The van der Waals surface area contributed by atoms with E-state index in [-0.39, 0.29) is 11.9 Å². The number of rotatable bonds is 9. The molecule has 1 aliphatic carbocycles. The van der Waals surface area contributed by atoms with E-state index < -0.39 is 0 Å². The van der Waals surface area contributed by atoms with Crippen molar-refractivity contribution in [2.24, 2.45) is 0 Å². The SMILES string of the molecule is O=C(CCCNC(=O)NC1CCCCC1)NCCNc1nc2ccccc2s1. The van der Waals surface area contributed by atoms with Gasteiger partial charge >= 0.3 is 6.03 Å². The van der Waals surface area contributed by atoms with E-state index in [2.05, 4.69) is 26.3 Å². The van der Waals surface area contributed by atoms with Crippen LogP contribution in [0.4, 0.5) is 9.93 Å². The fourth-order valence-electron chi connectivity index (χ4n) is 3.34. The Hall–Kier alpha value is -2.35. The van der Waals surface area contributed by atoms with Gasteiger partial charge in [0.2, 0.25) is 5.91 Å². The molecular formula is C20H29N5O2S. The highest BCUT2D eigenvalue weighted by molar-refractivity contribution is 7.22. The Bertz CT molecular complexity index is 740. The predicted octanol–water partition coefficient (Wildman–Crippen LogP) is 3.24. The lowest BCUT2D eigenvalue weighted by Crippen LogP contribution is -2.43. The van der Waals surface area contributed by atoms with Crippen LogP contribution in [0.3, 0.4) is 0 Å². The molecule has 1 aromatic carbocycles. The largest absolute Gasteiger partial charge is 0.360 e. The molecule has 1 saturated carbocycles. The van der Waals surface area contributed by atoms with Crippen LogP contribution in [0.25, 0.3) is 10.2 Å². The normalized spacial score (nSPS) is 14.6. The summed E-state index contributed by atoms with van der Waals surface area (Å²) < 4.78 is 1.15. The predicted molar refractivity (Wildman–Crippen MR) is 114 cm³/mol. The fourth-order valence-corrected chi connectivity index (χ4v) is 4.23. The smallest absolute Gasteiger partial charge is 0.315 e. The summed E-state index contributed by atoms with van der Waals surface area (Å²) in [5.41, 5.74) is 0.985. The van der Waals surface area contributed by atoms with Gasteiger partial charge in [0, 0.05) is 32.1 Å². The lowest BCUT2D eigenvalue weighted by Gasteiger charge is -2.22. The van der Waals surface area contributed by atoms with Crippen molar-refractivity contribution in [2.75, 3.05) is 25.0 Å². The van der Waals surface area contributed by atoms with Crippen LogP contribution >= 0.6 is 11.3 Å². The number of anilines is 1. The van der Waals surface area contributed by atoms with Gasteiger partial charge in [-0.15, -0.1) is 0 Å². The molecule has 1 fully saturated rings. The van der Waals surface area contributed by atoms with E-state index in [9.17, 15) is 9.59 Å². The van der Waals surface area contributed by atoms with E-state index >= 15 is 0 Å². The van der Waals surface area contributed by atoms with Crippen molar-refractivity contribution in [3.63, 3.8) is 0 Å². The summed E-state index contributed by atoms with van der Waals surface area (Å²) in [4.78, 5) is 28.2. The average molecular weight is 404 g/mol. The number of hydrogen-bond acceptors (Lipinski definition) is 5. The summed E-state index contributed by atoms with van der Waals surface area (Å²) in [6.45, 7) is 1.69. The van der Waals surface area contributed by atoms with Crippen molar-refractivity contribution in [3.05, 3.63) is 24.3 Å². The van der Waals surface area contributed by atoms with Gasteiger partial charge in [0.15, 0.2) is 5.13 Å². The first kappa shape index (κ1) is 20.4. The third-order valence-electron chi connectivity index (χ3n) is 4.82. The van der Waals surface area contributed by atoms with Crippen LogP contribution in [-0.4, -0.2) is 42.6 Å².